The summed E-state index contributed by atoms with van der Waals surface area (Å²) in [5.74, 6) is -0.711. The van der Waals surface area contributed by atoms with Crippen LogP contribution in [0.3, 0.4) is 0 Å². The molecule has 4 saturated heterocycles. The molecule has 0 aromatic rings. The zero-order chi connectivity index (χ0) is 14.0. The van der Waals surface area contributed by atoms with Crippen LogP contribution in [0.5, 0.6) is 0 Å². The summed E-state index contributed by atoms with van der Waals surface area (Å²) in [6.07, 6.45) is -0.265. The minimum absolute atomic E-state index is 0.170. The molecule has 0 aromatic carbocycles. The van der Waals surface area contributed by atoms with Crippen molar-refractivity contribution in [2.75, 3.05) is 0 Å². The van der Waals surface area contributed by atoms with Crippen LogP contribution in [0, 0.1) is 11.8 Å². The second kappa shape index (κ2) is 4.18. The SMILES string of the molecule is C[C@H]1O[C@@H]([C@@H]2O[C@H](C)[C@@H]3C[C@H]2OC3=O)[C@H]2C[C@@H]1C(=O)O2. The zero-order valence-corrected chi connectivity index (χ0v) is 11.5. The molecule has 20 heavy (non-hydrogen) atoms. The van der Waals surface area contributed by atoms with E-state index in [1.54, 1.807) is 0 Å². The molecule has 4 rings (SSSR count). The lowest BCUT2D eigenvalue weighted by Gasteiger charge is -2.40. The van der Waals surface area contributed by atoms with E-state index in [1.807, 2.05) is 13.8 Å². The van der Waals surface area contributed by atoms with E-state index in [4.69, 9.17) is 18.9 Å². The van der Waals surface area contributed by atoms with Crippen LogP contribution in [0.2, 0.25) is 0 Å². The average Bonchev–Trinajstić information content (AvgIpc) is 2.90. The molecule has 4 fully saturated rings. The molecular weight excluding hydrogens is 264 g/mol. The first-order valence-electron chi connectivity index (χ1n) is 7.26. The minimum Gasteiger partial charge on any atom is -0.459 e. The number of hydrogen-bond donors (Lipinski definition) is 0. The van der Waals surface area contributed by atoms with E-state index >= 15 is 0 Å². The normalized spacial score (nSPS) is 53.7. The summed E-state index contributed by atoms with van der Waals surface area (Å²) in [6, 6.07) is 0. The maximum absolute atomic E-state index is 11.7. The highest BCUT2D eigenvalue weighted by Gasteiger charge is 2.57. The molecule has 4 heterocycles. The van der Waals surface area contributed by atoms with E-state index in [9.17, 15) is 9.59 Å². The summed E-state index contributed by atoms with van der Waals surface area (Å²) >= 11 is 0. The van der Waals surface area contributed by atoms with Crippen LogP contribution in [0.25, 0.3) is 0 Å². The van der Waals surface area contributed by atoms with Crippen LogP contribution in [-0.4, -0.2) is 48.6 Å². The van der Waals surface area contributed by atoms with E-state index < -0.39 is 0 Å². The first-order chi connectivity index (χ1) is 9.54. The molecule has 4 aliphatic heterocycles. The van der Waals surface area contributed by atoms with Crippen molar-refractivity contribution in [3.8, 4) is 0 Å². The standard InChI is InChI=1S/C14H18O6/c1-5-7-3-9(19-13(7)15)11(17-5)12-10-4-8(6(2)18-12)14(16)20-10/h5-12H,3-4H2,1-2H3/t5-,6-,7+,8+,9-,10-,11-,12-/m1/s1. The summed E-state index contributed by atoms with van der Waals surface area (Å²) < 4.78 is 22.7. The largest absolute Gasteiger partial charge is 0.459 e. The fourth-order valence-electron chi connectivity index (χ4n) is 3.87. The molecule has 0 radical (unpaired) electrons. The highest BCUT2D eigenvalue weighted by molar-refractivity contribution is 5.76. The molecule has 110 valence electrons. The van der Waals surface area contributed by atoms with Crippen LogP contribution >= 0.6 is 0 Å². The Labute approximate surface area is 116 Å². The molecule has 8 atom stereocenters. The van der Waals surface area contributed by atoms with Crippen LogP contribution in [-0.2, 0) is 28.5 Å². The highest BCUT2D eigenvalue weighted by atomic mass is 16.6. The van der Waals surface area contributed by atoms with Gasteiger partial charge < -0.3 is 18.9 Å². The summed E-state index contributed by atoms with van der Waals surface area (Å²) in [7, 11) is 0. The topological polar surface area (TPSA) is 71.1 Å². The predicted octanol–water partition coefficient (Wildman–Crippen LogP) is 0.424. The fourth-order valence-corrected chi connectivity index (χ4v) is 3.87. The van der Waals surface area contributed by atoms with Gasteiger partial charge in [-0.05, 0) is 13.8 Å². The molecule has 6 nitrogen and oxygen atoms in total. The number of carbonyl (C=O) groups excluding carboxylic acids is 2. The van der Waals surface area contributed by atoms with Gasteiger partial charge in [-0.25, -0.2) is 0 Å². The number of rotatable bonds is 1. The molecule has 0 aliphatic carbocycles. The summed E-state index contributed by atoms with van der Waals surface area (Å²) in [5.41, 5.74) is 0. The van der Waals surface area contributed by atoms with E-state index in [0.717, 1.165) is 0 Å². The van der Waals surface area contributed by atoms with Crippen LogP contribution in [0.4, 0.5) is 0 Å². The Morgan fingerprint density at radius 2 is 1.20 bits per heavy atom. The van der Waals surface area contributed by atoms with Crippen LogP contribution in [0.15, 0.2) is 0 Å². The Balaban J connectivity index is 1.58. The molecule has 4 aliphatic rings. The van der Waals surface area contributed by atoms with Gasteiger partial charge >= 0.3 is 11.9 Å². The van der Waals surface area contributed by atoms with Crippen molar-refractivity contribution in [1.29, 1.82) is 0 Å². The molecule has 0 spiro atoms. The molecule has 0 amide bonds. The summed E-state index contributed by atoms with van der Waals surface area (Å²) in [4.78, 5) is 23.5. The number of fused-ring (bicyclic) bond motifs is 4. The Morgan fingerprint density at radius 1 is 0.800 bits per heavy atom. The Hall–Kier alpha value is -1.14. The van der Waals surface area contributed by atoms with Gasteiger partial charge in [0.15, 0.2) is 0 Å². The average molecular weight is 282 g/mol. The van der Waals surface area contributed by atoms with Gasteiger partial charge in [-0.1, -0.05) is 0 Å². The molecule has 0 aromatic heterocycles. The first-order valence-corrected chi connectivity index (χ1v) is 7.26. The first kappa shape index (κ1) is 12.6. The van der Waals surface area contributed by atoms with E-state index in [1.165, 1.54) is 0 Å². The lowest BCUT2D eigenvalue weighted by atomic mass is 9.86. The zero-order valence-electron chi connectivity index (χ0n) is 11.5. The number of hydrogen-bond acceptors (Lipinski definition) is 6. The molecule has 4 bridgehead atoms. The van der Waals surface area contributed by atoms with Crippen molar-refractivity contribution >= 4 is 11.9 Å². The van der Waals surface area contributed by atoms with Crippen LogP contribution < -0.4 is 0 Å². The molecule has 6 heteroatoms. The number of ether oxygens (including phenoxy) is 4. The van der Waals surface area contributed by atoms with Gasteiger partial charge in [0.05, 0.1) is 24.0 Å². The van der Waals surface area contributed by atoms with Crippen molar-refractivity contribution < 1.29 is 28.5 Å². The van der Waals surface area contributed by atoms with Gasteiger partial charge in [-0.15, -0.1) is 0 Å². The third-order valence-corrected chi connectivity index (χ3v) is 5.05. The highest BCUT2D eigenvalue weighted by Crippen LogP contribution is 2.42. The number of carbonyl (C=O) groups is 2. The quantitative estimate of drug-likeness (QED) is 0.649. The second-order valence-corrected chi connectivity index (χ2v) is 6.25. The predicted molar refractivity (Wildman–Crippen MR) is 64.6 cm³/mol. The Morgan fingerprint density at radius 3 is 1.60 bits per heavy atom. The van der Waals surface area contributed by atoms with E-state index in [2.05, 4.69) is 0 Å². The van der Waals surface area contributed by atoms with Gasteiger partial charge in [0.2, 0.25) is 0 Å². The summed E-state index contributed by atoms with van der Waals surface area (Å²) in [5, 5.41) is 0. The third-order valence-electron chi connectivity index (χ3n) is 5.05. The molecular formula is C14H18O6. The smallest absolute Gasteiger partial charge is 0.312 e. The van der Waals surface area contributed by atoms with Crippen LogP contribution in [0.1, 0.15) is 26.7 Å². The second-order valence-electron chi connectivity index (χ2n) is 6.25. The lowest BCUT2D eigenvalue weighted by molar-refractivity contribution is -0.202. The maximum atomic E-state index is 11.7. The van der Waals surface area contributed by atoms with E-state index in [0.29, 0.717) is 12.8 Å². The van der Waals surface area contributed by atoms with Crippen molar-refractivity contribution in [2.45, 2.75) is 63.3 Å². The monoisotopic (exact) mass is 282 g/mol. The number of esters is 2. The van der Waals surface area contributed by atoms with Crippen molar-refractivity contribution in [3.63, 3.8) is 0 Å². The Bertz CT molecular complexity index is 421. The van der Waals surface area contributed by atoms with Crippen molar-refractivity contribution in [3.05, 3.63) is 0 Å². The molecule has 0 N–H and O–H groups in total. The fraction of sp³-hybridized carbons (Fsp3) is 0.857. The maximum Gasteiger partial charge on any atom is 0.312 e. The third kappa shape index (κ3) is 1.64. The van der Waals surface area contributed by atoms with Gasteiger partial charge in [0, 0.05) is 12.8 Å². The van der Waals surface area contributed by atoms with Gasteiger partial charge in [0.25, 0.3) is 0 Å². The van der Waals surface area contributed by atoms with E-state index in [-0.39, 0.29) is 60.4 Å². The molecule has 0 saturated carbocycles. The van der Waals surface area contributed by atoms with Crippen molar-refractivity contribution in [1.82, 2.24) is 0 Å². The minimum atomic E-state index is -0.341. The van der Waals surface area contributed by atoms with Gasteiger partial charge in [-0.3, -0.25) is 9.59 Å². The summed E-state index contributed by atoms with van der Waals surface area (Å²) in [6.45, 7) is 3.77. The van der Waals surface area contributed by atoms with Gasteiger partial charge in [0.1, 0.15) is 24.4 Å². The van der Waals surface area contributed by atoms with Gasteiger partial charge in [-0.2, -0.15) is 0 Å². The van der Waals surface area contributed by atoms with Crippen molar-refractivity contribution in [2.24, 2.45) is 11.8 Å². The lowest BCUT2D eigenvalue weighted by Crippen LogP contribution is -2.54. The Kier molecular flexibility index (Phi) is 2.63. The molecule has 0 unspecified atom stereocenters.